The molecule has 30 heavy (non-hydrogen) atoms. The number of likely N-dealkylation sites (N-methyl/N-ethyl adjacent to an activating group) is 1. The second-order valence-corrected chi connectivity index (χ2v) is 8.36. The van der Waals surface area contributed by atoms with Crippen LogP contribution in [0.2, 0.25) is 0 Å². The molecule has 1 aromatic carbocycles. The Bertz CT molecular complexity index is 935. The first kappa shape index (κ1) is 20.6. The lowest BCUT2D eigenvalue weighted by molar-refractivity contribution is 0.231. The topological polar surface area (TPSA) is 95.3 Å². The first-order valence-corrected chi connectivity index (χ1v) is 10.7. The van der Waals surface area contributed by atoms with E-state index >= 15 is 0 Å². The second kappa shape index (κ2) is 9.02. The number of rotatable bonds is 6. The van der Waals surface area contributed by atoms with Gasteiger partial charge >= 0.3 is 0 Å². The zero-order valence-electron chi connectivity index (χ0n) is 17.6. The van der Waals surface area contributed by atoms with Gasteiger partial charge in [0.1, 0.15) is 0 Å². The molecule has 2 aliphatic heterocycles. The van der Waals surface area contributed by atoms with Crippen LogP contribution in [0.15, 0.2) is 48.0 Å². The predicted molar refractivity (Wildman–Crippen MR) is 118 cm³/mol. The normalized spacial score (nSPS) is 21.0. The van der Waals surface area contributed by atoms with Gasteiger partial charge in [0, 0.05) is 25.2 Å². The van der Waals surface area contributed by atoms with Gasteiger partial charge in [-0.2, -0.15) is 0 Å². The van der Waals surface area contributed by atoms with Gasteiger partial charge in [-0.25, -0.2) is 4.98 Å². The van der Waals surface area contributed by atoms with Crippen molar-refractivity contribution in [2.45, 2.75) is 44.5 Å². The lowest BCUT2D eigenvalue weighted by Gasteiger charge is -2.27. The van der Waals surface area contributed by atoms with E-state index in [1.54, 1.807) is 4.57 Å². The monoisotopic (exact) mass is 409 g/mol. The highest BCUT2D eigenvalue weighted by atomic mass is 16.5. The molecule has 3 N–H and O–H groups in total. The molecule has 3 heterocycles. The summed E-state index contributed by atoms with van der Waals surface area (Å²) in [6, 6.07) is 10.2. The molecule has 2 aromatic rings. The molecule has 7 nitrogen and oxygen atoms in total. The van der Waals surface area contributed by atoms with Crippen LogP contribution >= 0.6 is 0 Å². The Labute approximate surface area is 177 Å². The summed E-state index contributed by atoms with van der Waals surface area (Å²) in [6.07, 6.45) is 5.95. The lowest BCUT2D eigenvalue weighted by Crippen LogP contribution is -2.38. The molecule has 0 spiro atoms. The Morgan fingerprint density at radius 1 is 1.37 bits per heavy atom. The molecule has 1 aliphatic carbocycles. The van der Waals surface area contributed by atoms with Crippen molar-refractivity contribution in [2.24, 2.45) is 5.92 Å². The smallest absolute Gasteiger partial charge is 0.259 e. The number of fused-ring (bicyclic) bond motifs is 1. The number of anilines is 1. The third-order valence-electron chi connectivity index (χ3n) is 5.87. The molecule has 7 heteroatoms. The van der Waals surface area contributed by atoms with Crippen LogP contribution in [0.4, 0.5) is 5.95 Å². The Kier molecular flexibility index (Phi) is 6.20. The van der Waals surface area contributed by atoms with Crippen LogP contribution in [0, 0.1) is 5.92 Å². The molecule has 0 bridgehead atoms. The molecule has 2 fully saturated rings. The van der Waals surface area contributed by atoms with Crippen LogP contribution in [0.5, 0.6) is 0 Å². The number of ether oxygens (including phenoxy) is 1. The van der Waals surface area contributed by atoms with E-state index in [0.29, 0.717) is 18.4 Å². The summed E-state index contributed by atoms with van der Waals surface area (Å²) in [5, 5.41) is 2.94. The molecule has 0 radical (unpaired) electrons. The second-order valence-electron chi connectivity index (χ2n) is 8.36. The Balaban J connectivity index is 0.000000313. The van der Waals surface area contributed by atoms with E-state index in [-0.39, 0.29) is 17.8 Å². The largest absolute Gasteiger partial charge is 0.482 e. The predicted octanol–water partition coefficient (Wildman–Crippen LogP) is 2.28. The number of nitrogens with one attached hydrogen (secondary N) is 1. The van der Waals surface area contributed by atoms with Crippen molar-refractivity contribution in [1.29, 1.82) is 0 Å². The molecule has 1 saturated carbocycles. The summed E-state index contributed by atoms with van der Waals surface area (Å²) in [5.74, 6) is 1.05. The molecule has 2 atom stereocenters. The van der Waals surface area contributed by atoms with E-state index in [0.717, 1.165) is 42.8 Å². The number of nitrogens with two attached hydrogens (primary N) is 1. The number of hydrogen-bond acceptors (Lipinski definition) is 6. The quantitative estimate of drug-likeness (QED) is 0.561. The van der Waals surface area contributed by atoms with Crippen molar-refractivity contribution < 1.29 is 4.74 Å². The van der Waals surface area contributed by atoms with Gasteiger partial charge < -0.3 is 15.4 Å². The summed E-state index contributed by atoms with van der Waals surface area (Å²) < 4.78 is 6.55. The van der Waals surface area contributed by atoms with Crippen molar-refractivity contribution in [3.63, 3.8) is 0 Å². The highest BCUT2D eigenvalue weighted by Crippen LogP contribution is 2.39. The van der Waals surface area contributed by atoms with E-state index in [1.807, 2.05) is 25.2 Å². The van der Waals surface area contributed by atoms with Crippen LogP contribution in [-0.4, -0.2) is 40.8 Å². The van der Waals surface area contributed by atoms with Crippen molar-refractivity contribution in [3.05, 3.63) is 70.3 Å². The minimum absolute atomic E-state index is 0.0105. The summed E-state index contributed by atoms with van der Waals surface area (Å²) in [5.41, 5.74) is 9.15. The Morgan fingerprint density at radius 2 is 2.10 bits per heavy atom. The fourth-order valence-electron chi connectivity index (χ4n) is 3.95. The van der Waals surface area contributed by atoms with E-state index in [4.69, 9.17) is 10.5 Å². The zero-order chi connectivity index (χ0) is 21.1. The fraction of sp³-hybridized carbons (Fsp3) is 0.478. The summed E-state index contributed by atoms with van der Waals surface area (Å²) in [6.45, 7) is 5.95. The van der Waals surface area contributed by atoms with E-state index in [9.17, 15) is 4.79 Å². The third-order valence-corrected chi connectivity index (χ3v) is 5.87. The lowest BCUT2D eigenvalue weighted by atomic mass is 9.99. The molecular weight excluding hydrogens is 378 g/mol. The molecule has 0 amide bonds. The van der Waals surface area contributed by atoms with Gasteiger partial charge in [0.05, 0.1) is 18.0 Å². The van der Waals surface area contributed by atoms with Crippen LogP contribution in [0.1, 0.15) is 42.1 Å². The van der Waals surface area contributed by atoms with Crippen LogP contribution in [0.3, 0.4) is 0 Å². The minimum Gasteiger partial charge on any atom is -0.482 e. The van der Waals surface area contributed by atoms with Crippen molar-refractivity contribution in [3.8, 4) is 0 Å². The SMILES string of the molecule is C=COC1CN1.CN1CCc2c(nc(N)n(C(CC3CC3)c3ccccc3)c2=O)C1. The average Bonchev–Trinajstić information content (AvgIpc) is 3.65. The molecule has 5 rings (SSSR count). The van der Waals surface area contributed by atoms with Crippen molar-refractivity contribution >= 4 is 5.95 Å². The fourth-order valence-corrected chi connectivity index (χ4v) is 3.95. The number of nitrogen functional groups attached to an aromatic ring is 1. The Hall–Kier alpha value is -2.64. The van der Waals surface area contributed by atoms with Crippen LogP contribution in [0.25, 0.3) is 0 Å². The van der Waals surface area contributed by atoms with Crippen LogP contribution in [-0.2, 0) is 17.7 Å². The zero-order valence-corrected chi connectivity index (χ0v) is 17.6. The maximum Gasteiger partial charge on any atom is 0.259 e. The van der Waals surface area contributed by atoms with Gasteiger partial charge in [-0.15, -0.1) is 0 Å². The van der Waals surface area contributed by atoms with E-state index in [2.05, 4.69) is 33.9 Å². The van der Waals surface area contributed by atoms with Gasteiger partial charge in [-0.1, -0.05) is 49.8 Å². The maximum atomic E-state index is 13.2. The maximum absolute atomic E-state index is 13.2. The summed E-state index contributed by atoms with van der Waals surface area (Å²) >= 11 is 0. The first-order chi connectivity index (χ1) is 14.6. The van der Waals surface area contributed by atoms with E-state index in [1.165, 1.54) is 19.1 Å². The van der Waals surface area contributed by atoms with Gasteiger partial charge in [0.15, 0.2) is 6.23 Å². The van der Waals surface area contributed by atoms with Crippen LogP contribution < -0.4 is 16.6 Å². The molecule has 3 aliphatic rings. The van der Waals surface area contributed by atoms with E-state index < -0.39 is 0 Å². The summed E-state index contributed by atoms with van der Waals surface area (Å²) in [7, 11) is 2.05. The highest BCUT2D eigenvalue weighted by molar-refractivity contribution is 5.33. The van der Waals surface area contributed by atoms with Gasteiger partial charge in [0.2, 0.25) is 5.95 Å². The van der Waals surface area contributed by atoms with Crippen molar-refractivity contribution in [1.82, 2.24) is 19.8 Å². The van der Waals surface area contributed by atoms with Gasteiger partial charge in [-0.05, 0) is 31.4 Å². The first-order valence-electron chi connectivity index (χ1n) is 10.7. The number of benzene rings is 1. The molecular formula is C23H31N5O2. The number of hydrogen-bond donors (Lipinski definition) is 2. The minimum atomic E-state index is -0.0105. The number of nitrogens with zero attached hydrogens (tertiary/aromatic N) is 3. The van der Waals surface area contributed by atoms with Gasteiger partial charge in [0.25, 0.3) is 5.56 Å². The standard InChI is InChI=1S/C19H24N4O.C4H7NO/c1-22-10-9-15-16(12-22)21-19(20)23(18(15)24)17(11-13-7-8-13)14-5-3-2-4-6-14;1-2-6-4-3-5-4/h2-6,13,17H,7-12H2,1H3,(H2,20,21);2,4-5H,1,3H2. The third kappa shape index (κ3) is 4.91. The molecule has 2 unspecified atom stereocenters. The summed E-state index contributed by atoms with van der Waals surface area (Å²) in [4.78, 5) is 20.0. The average molecular weight is 410 g/mol. The van der Waals surface area contributed by atoms with Gasteiger partial charge in [-0.3, -0.25) is 14.7 Å². The highest BCUT2D eigenvalue weighted by Gasteiger charge is 2.30. The molecule has 160 valence electrons. The van der Waals surface area contributed by atoms with Crippen molar-refractivity contribution in [2.75, 3.05) is 25.9 Å². The molecule has 1 aromatic heterocycles. The Morgan fingerprint density at radius 3 is 2.70 bits per heavy atom. The molecule has 1 saturated heterocycles. The number of aromatic nitrogens is 2.